The Hall–Kier alpha value is -1.43. The first kappa shape index (κ1) is 13.0. The first-order chi connectivity index (χ1) is 8.68. The van der Waals surface area contributed by atoms with Gasteiger partial charge in [-0.15, -0.1) is 0 Å². The van der Waals surface area contributed by atoms with E-state index in [4.69, 9.17) is 0 Å². The lowest BCUT2D eigenvalue weighted by Crippen LogP contribution is -2.34. The molecule has 0 aromatic carbocycles. The third kappa shape index (κ3) is 3.07. The van der Waals surface area contributed by atoms with Crippen LogP contribution in [0.5, 0.6) is 0 Å². The van der Waals surface area contributed by atoms with Crippen molar-refractivity contribution in [1.82, 2.24) is 15.6 Å². The van der Waals surface area contributed by atoms with Crippen LogP contribution in [0.2, 0.25) is 0 Å². The van der Waals surface area contributed by atoms with Crippen molar-refractivity contribution < 1.29 is 14.5 Å². The van der Waals surface area contributed by atoms with Crippen molar-refractivity contribution >= 4 is 5.97 Å². The van der Waals surface area contributed by atoms with Crippen LogP contribution in [-0.4, -0.2) is 27.9 Å². The van der Waals surface area contributed by atoms with Crippen LogP contribution in [0.3, 0.4) is 0 Å². The zero-order chi connectivity index (χ0) is 13.0. The molecule has 1 aliphatic carbocycles. The Kier molecular flexibility index (Phi) is 4.30. The lowest BCUT2D eigenvalue weighted by atomic mass is 9.79. The molecule has 0 spiro atoms. The van der Waals surface area contributed by atoms with Crippen LogP contribution >= 0.6 is 0 Å². The SMILES string of the molecule is Cc1nonc1CNCC1CCCCC1C(=O)O. The number of aliphatic carboxylic acids is 1. The van der Waals surface area contributed by atoms with Gasteiger partial charge in [0.05, 0.1) is 5.92 Å². The summed E-state index contributed by atoms with van der Waals surface area (Å²) in [5.41, 5.74) is 1.57. The van der Waals surface area contributed by atoms with Crippen molar-refractivity contribution in [3.8, 4) is 0 Å². The van der Waals surface area contributed by atoms with Gasteiger partial charge in [0.25, 0.3) is 0 Å². The molecule has 2 unspecified atom stereocenters. The maximum atomic E-state index is 11.1. The normalized spacial score (nSPS) is 24.1. The average Bonchev–Trinajstić information content (AvgIpc) is 2.76. The largest absolute Gasteiger partial charge is 0.481 e. The summed E-state index contributed by atoms with van der Waals surface area (Å²) >= 11 is 0. The minimum Gasteiger partial charge on any atom is -0.481 e. The van der Waals surface area contributed by atoms with E-state index in [-0.39, 0.29) is 11.8 Å². The van der Waals surface area contributed by atoms with Gasteiger partial charge in [0.2, 0.25) is 0 Å². The lowest BCUT2D eigenvalue weighted by molar-refractivity contribution is -0.144. The van der Waals surface area contributed by atoms with Crippen molar-refractivity contribution in [3.63, 3.8) is 0 Å². The maximum absolute atomic E-state index is 11.1. The number of nitrogens with zero attached hydrogens (tertiary/aromatic N) is 2. The Bertz CT molecular complexity index is 405. The van der Waals surface area contributed by atoms with Crippen LogP contribution in [0, 0.1) is 18.8 Å². The second-order valence-corrected chi connectivity index (χ2v) is 4.92. The van der Waals surface area contributed by atoms with Crippen LogP contribution in [0.25, 0.3) is 0 Å². The van der Waals surface area contributed by atoms with Gasteiger partial charge in [0.1, 0.15) is 11.4 Å². The molecule has 1 aromatic heterocycles. The van der Waals surface area contributed by atoms with E-state index in [1.54, 1.807) is 0 Å². The topological polar surface area (TPSA) is 88.3 Å². The molecule has 1 saturated carbocycles. The van der Waals surface area contributed by atoms with Gasteiger partial charge in [0, 0.05) is 6.54 Å². The molecular weight excluding hydrogens is 234 g/mol. The Morgan fingerprint density at radius 1 is 1.44 bits per heavy atom. The number of aryl methyl sites for hydroxylation is 1. The molecule has 100 valence electrons. The molecule has 6 nitrogen and oxygen atoms in total. The molecule has 2 atom stereocenters. The van der Waals surface area contributed by atoms with Crippen molar-refractivity contribution in [2.45, 2.75) is 39.2 Å². The third-order valence-electron chi connectivity index (χ3n) is 3.67. The van der Waals surface area contributed by atoms with Gasteiger partial charge in [-0.25, -0.2) is 4.63 Å². The fraction of sp³-hybridized carbons (Fsp3) is 0.750. The van der Waals surface area contributed by atoms with Crippen LogP contribution in [0.15, 0.2) is 4.63 Å². The monoisotopic (exact) mass is 253 g/mol. The molecule has 1 heterocycles. The highest BCUT2D eigenvalue weighted by Gasteiger charge is 2.30. The maximum Gasteiger partial charge on any atom is 0.306 e. The van der Waals surface area contributed by atoms with Gasteiger partial charge in [-0.1, -0.05) is 23.2 Å². The summed E-state index contributed by atoms with van der Waals surface area (Å²) < 4.78 is 4.61. The van der Waals surface area contributed by atoms with E-state index in [9.17, 15) is 9.90 Å². The zero-order valence-electron chi connectivity index (χ0n) is 10.6. The summed E-state index contributed by atoms with van der Waals surface area (Å²) in [6.45, 7) is 3.13. The van der Waals surface area contributed by atoms with Gasteiger partial charge >= 0.3 is 5.97 Å². The summed E-state index contributed by atoms with van der Waals surface area (Å²) in [5, 5.41) is 19.9. The molecule has 0 aliphatic heterocycles. The second kappa shape index (κ2) is 5.95. The smallest absolute Gasteiger partial charge is 0.306 e. The molecule has 0 amide bonds. The highest BCUT2D eigenvalue weighted by Crippen LogP contribution is 2.29. The van der Waals surface area contributed by atoms with Crippen molar-refractivity contribution in [2.75, 3.05) is 6.54 Å². The van der Waals surface area contributed by atoms with Crippen LogP contribution < -0.4 is 5.32 Å². The van der Waals surface area contributed by atoms with Crippen LogP contribution in [-0.2, 0) is 11.3 Å². The molecule has 18 heavy (non-hydrogen) atoms. The number of nitrogens with one attached hydrogen (secondary N) is 1. The standard InChI is InChI=1S/C12H19N3O3/c1-8-11(15-18-14-8)7-13-6-9-4-2-3-5-10(9)12(16)17/h9-10,13H,2-7H2,1H3,(H,16,17). The van der Waals surface area contributed by atoms with E-state index in [2.05, 4.69) is 20.3 Å². The quantitative estimate of drug-likeness (QED) is 0.823. The third-order valence-corrected chi connectivity index (χ3v) is 3.67. The van der Waals surface area contributed by atoms with Crippen molar-refractivity contribution in [1.29, 1.82) is 0 Å². The van der Waals surface area contributed by atoms with Gasteiger partial charge < -0.3 is 10.4 Å². The van der Waals surface area contributed by atoms with Crippen molar-refractivity contribution in [2.24, 2.45) is 11.8 Å². The summed E-state index contributed by atoms with van der Waals surface area (Å²) in [6, 6.07) is 0. The fourth-order valence-electron chi connectivity index (χ4n) is 2.56. The van der Waals surface area contributed by atoms with E-state index in [1.165, 1.54) is 0 Å². The summed E-state index contributed by atoms with van der Waals surface area (Å²) in [7, 11) is 0. The summed E-state index contributed by atoms with van der Waals surface area (Å²) in [6.07, 6.45) is 3.94. The molecular formula is C12H19N3O3. The Balaban J connectivity index is 1.81. The number of hydrogen-bond acceptors (Lipinski definition) is 5. The predicted molar refractivity (Wildman–Crippen MR) is 63.8 cm³/mol. The van der Waals surface area contributed by atoms with E-state index in [0.29, 0.717) is 13.1 Å². The summed E-state index contributed by atoms with van der Waals surface area (Å²) in [5.74, 6) is -0.653. The van der Waals surface area contributed by atoms with E-state index in [1.807, 2.05) is 6.92 Å². The average molecular weight is 253 g/mol. The zero-order valence-corrected chi connectivity index (χ0v) is 10.6. The Morgan fingerprint density at radius 3 is 2.89 bits per heavy atom. The number of carbonyl (C=O) groups is 1. The molecule has 2 rings (SSSR count). The fourth-order valence-corrected chi connectivity index (χ4v) is 2.56. The minimum atomic E-state index is -0.666. The lowest BCUT2D eigenvalue weighted by Gasteiger charge is -2.28. The molecule has 0 radical (unpaired) electrons. The van der Waals surface area contributed by atoms with E-state index in [0.717, 1.165) is 37.1 Å². The van der Waals surface area contributed by atoms with Crippen molar-refractivity contribution in [3.05, 3.63) is 11.4 Å². The highest BCUT2D eigenvalue weighted by molar-refractivity contribution is 5.70. The van der Waals surface area contributed by atoms with Crippen LogP contribution in [0.4, 0.5) is 0 Å². The molecule has 2 N–H and O–H groups in total. The first-order valence-corrected chi connectivity index (χ1v) is 6.40. The molecule has 1 aliphatic rings. The van der Waals surface area contributed by atoms with Gasteiger partial charge in [-0.05, 0) is 32.2 Å². The molecule has 0 bridgehead atoms. The molecule has 0 saturated heterocycles. The number of carboxylic acid groups (broad SMARTS) is 1. The molecule has 1 fully saturated rings. The second-order valence-electron chi connectivity index (χ2n) is 4.92. The molecule has 1 aromatic rings. The minimum absolute atomic E-state index is 0.206. The molecule has 6 heteroatoms. The Labute approximate surface area is 106 Å². The Morgan fingerprint density at radius 2 is 2.22 bits per heavy atom. The summed E-state index contributed by atoms with van der Waals surface area (Å²) in [4.78, 5) is 11.1. The van der Waals surface area contributed by atoms with Gasteiger partial charge in [-0.2, -0.15) is 0 Å². The van der Waals surface area contributed by atoms with E-state index < -0.39 is 5.97 Å². The number of carboxylic acids is 1. The highest BCUT2D eigenvalue weighted by atomic mass is 16.6. The van der Waals surface area contributed by atoms with Crippen LogP contribution in [0.1, 0.15) is 37.1 Å². The van der Waals surface area contributed by atoms with Gasteiger partial charge in [0.15, 0.2) is 0 Å². The van der Waals surface area contributed by atoms with Gasteiger partial charge in [-0.3, -0.25) is 4.79 Å². The predicted octanol–water partition coefficient (Wildman–Crippen LogP) is 1.36. The number of hydrogen-bond donors (Lipinski definition) is 2. The number of aromatic nitrogens is 2. The number of rotatable bonds is 5. The van der Waals surface area contributed by atoms with E-state index >= 15 is 0 Å². The first-order valence-electron chi connectivity index (χ1n) is 6.40.